The molecule has 1 aliphatic heterocycles. The van der Waals surface area contributed by atoms with Crippen molar-refractivity contribution >= 4 is 29.2 Å². The van der Waals surface area contributed by atoms with E-state index in [9.17, 15) is 9.59 Å². The predicted molar refractivity (Wildman–Crippen MR) is 133 cm³/mol. The zero-order valence-electron chi connectivity index (χ0n) is 19.7. The maximum Gasteiger partial charge on any atom is 0.346 e. The van der Waals surface area contributed by atoms with Crippen LogP contribution < -0.4 is 10.6 Å². The standard InChI is InChI=1S/C26H25N7O3/c1-16-21(28-26(35)33-22(10-12-36-33)17-5-3-2-4-6-17)13-20(15-27-16)19-9-11-32-23(14-19)29-25(31-32)30-24(34)18-7-8-18/h2-6,9,11,13-15,18,22H,7-8,10,12H2,1H3,(H,28,35)(H,30,31,34). The Balaban J connectivity index is 1.22. The molecule has 4 heterocycles. The SMILES string of the molecule is Cc1ncc(-c2ccn3nc(NC(=O)C4CC4)nc3c2)cc1NC(=O)N1OCCC1c1ccccc1. The highest BCUT2D eigenvalue weighted by molar-refractivity contribution is 5.93. The van der Waals surface area contributed by atoms with E-state index in [0.29, 0.717) is 23.6 Å². The number of urea groups is 1. The number of carbonyl (C=O) groups excluding carboxylic acids is 2. The zero-order valence-corrected chi connectivity index (χ0v) is 19.7. The maximum absolute atomic E-state index is 13.1. The van der Waals surface area contributed by atoms with Crippen molar-refractivity contribution in [3.8, 4) is 11.1 Å². The fourth-order valence-corrected chi connectivity index (χ4v) is 4.31. The molecule has 182 valence electrons. The average Bonchev–Trinajstić information content (AvgIpc) is 3.49. The molecule has 4 aromatic rings. The number of nitrogens with zero attached hydrogens (tertiary/aromatic N) is 5. The summed E-state index contributed by atoms with van der Waals surface area (Å²) in [6.45, 7) is 2.32. The molecule has 0 spiro atoms. The molecule has 1 aliphatic carbocycles. The number of aryl methyl sites for hydroxylation is 1. The fraction of sp³-hybridized carbons (Fsp3) is 0.269. The predicted octanol–water partition coefficient (Wildman–Crippen LogP) is 4.36. The molecule has 1 atom stereocenters. The summed E-state index contributed by atoms with van der Waals surface area (Å²) in [4.78, 5) is 39.7. The lowest BCUT2D eigenvalue weighted by Gasteiger charge is -2.23. The third-order valence-electron chi connectivity index (χ3n) is 6.47. The van der Waals surface area contributed by atoms with Gasteiger partial charge >= 0.3 is 6.03 Å². The van der Waals surface area contributed by atoms with Gasteiger partial charge in [-0.2, -0.15) is 10.0 Å². The van der Waals surface area contributed by atoms with Gasteiger partial charge in [-0.05, 0) is 49.1 Å². The molecule has 3 amide bonds. The molecule has 1 aromatic carbocycles. The van der Waals surface area contributed by atoms with Gasteiger partial charge in [0.2, 0.25) is 11.9 Å². The van der Waals surface area contributed by atoms with Crippen LogP contribution in [-0.4, -0.2) is 43.2 Å². The first kappa shape index (κ1) is 22.2. The Labute approximate surface area is 207 Å². The molecule has 2 N–H and O–H groups in total. The lowest BCUT2D eigenvalue weighted by Crippen LogP contribution is -2.33. The number of benzene rings is 1. The summed E-state index contributed by atoms with van der Waals surface area (Å²) < 4.78 is 1.62. The Bertz CT molecular complexity index is 1450. The first-order valence-corrected chi connectivity index (χ1v) is 12.0. The second-order valence-electron chi connectivity index (χ2n) is 9.08. The van der Waals surface area contributed by atoms with Crippen molar-refractivity contribution in [2.45, 2.75) is 32.2 Å². The molecule has 36 heavy (non-hydrogen) atoms. The van der Waals surface area contributed by atoms with Crippen LogP contribution in [0.3, 0.4) is 0 Å². The van der Waals surface area contributed by atoms with Crippen molar-refractivity contribution in [2.75, 3.05) is 17.2 Å². The maximum atomic E-state index is 13.1. The Hall–Kier alpha value is -4.31. The van der Waals surface area contributed by atoms with E-state index >= 15 is 0 Å². The lowest BCUT2D eigenvalue weighted by molar-refractivity contribution is -0.117. The van der Waals surface area contributed by atoms with E-state index < -0.39 is 0 Å². The van der Waals surface area contributed by atoms with Gasteiger partial charge < -0.3 is 5.32 Å². The number of carbonyl (C=O) groups is 2. The number of fused-ring (bicyclic) bond motifs is 1. The Morgan fingerprint density at radius 1 is 1.03 bits per heavy atom. The molecule has 2 aliphatic rings. The summed E-state index contributed by atoms with van der Waals surface area (Å²) in [5, 5.41) is 11.5. The van der Waals surface area contributed by atoms with Gasteiger partial charge in [0.1, 0.15) is 0 Å². The molecule has 1 saturated carbocycles. The molecular formula is C26H25N7O3. The summed E-state index contributed by atoms with van der Waals surface area (Å²) in [5.41, 5.74) is 4.59. The smallest absolute Gasteiger partial charge is 0.304 e. The second-order valence-corrected chi connectivity index (χ2v) is 9.08. The Morgan fingerprint density at radius 2 is 1.86 bits per heavy atom. The van der Waals surface area contributed by atoms with E-state index in [-0.39, 0.29) is 29.8 Å². The van der Waals surface area contributed by atoms with Crippen molar-refractivity contribution < 1.29 is 14.4 Å². The Kier molecular flexibility index (Phi) is 5.57. The van der Waals surface area contributed by atoms with Crippen LogP contribution in [0.15, 0.2) is 60.9 Å². The molecule has 10 nitrogen and oxygen atoms in total. The monoisotopic (exact) mass is 483 g/mol. The van der Waals surface area contributed by atoms with Gasteiger partial charge in [0.15, 0.2) is 5.65 Å². The molecule has 1 unspecified atom stereocenters. The van der Waals surface area contributed by atoms with Crippen LogP contribution in [0.25, 0.3) is 16.8 Å². The van der Waals surface area contributed by atoms with Gasteiger partial charge in [0.05, 0.1) is 24.0 Å². The van der Waals surface area contributed by atoms with Crippen molar-refractivity contribution in [2.24, 2.45) is 5.92 Å². The van der Waals surface area contributed by atoms with Gasteiger partial charge in [-0.3, -0.25) is 19.9 Å². The van der Waals surface area contributed by atoms with E-state index in [1.807, 2.05) is 55.5 Å². The van der Waals surface area contributed by atoms with Gasteiger partial charge in [0, 0.05) is 30.3 Å². The van der Waals surface area contributed by atoms with Gasteiger partial charge in [-0.25, -0.2) is 9.31 Å². The second kappa shape index (κ2) is 9.04. The Morgan fingerprint density at radius 3 is 2.67 bits per heavy atom. The van der Waals surface area contributed by atoms with E-state index in [1.54, 1.807) is 16.9 Å². The van der Waals surface area contributed by atoms with Crippen molar-refractivity contribution in [3.63, 3.8) is 0 Å². The number of nitrogens with one attached hydrogen (secondary N) is 2. The van der Waals surface area contributed by atoms with Crippen molar-refractivity contribution in [1.29, 1.82) is 0 Å². The molecule has 1 saturated heterocycles. The van der Waals surface area contributed by atoms with Crippen LogP contribution in [0.5, 0.6) is 0 Å². The number of rotatable bonds is 5. The number of hydroxylamine groups is 2. The van der Waals surface area contributed by atoms with Crippen LogP contribution in [0.1, 0.15) is 36.6 Å². The first-order valence-electron chi connectivity index (χ1n) is 12.0. The number of pyridine rings is 2. The molecule has 3 aromatic heterocycles. The van der Waals surface area contributed by atoms with Crippen LogP contribution in [0.2, 0.25) is 0 Å². The van der Waals surface area contributed by atoms with Gasteiger partial charge in [-0.15, -0.1) is 5.10 Å². The number of anilines is 2. The number of aromatic nitrogens is 4. The third-order valence-corrected chi connectivity index (χ3v) is 6.47. The minimum Gasteiger partial charge on any atom is -0.304 e. The first-order chi connectivity index (χ1) is 17.5. The van der Waals surface area contributed by atoms with Crippen LogP contribution >= 0.6 is 0 Å². The molecule has 10 heteroatoms. The van der Waals surface area contributed by atoms with Gasteiger partial charge in [0.25, 0.3) is 0 Å². The highest BCUT2D eigenvalue weighted by Crippen LogP contribution is 2.32. The van der Waals surface area contributed by atoms with E-state index in [0.717, 1.165) is 36.0 Å². The summed E-state index contributed by atoms with van der Waals surface area (Å²) in [5.74, 6) is 0.330. The minimum absolute atomic E-state index is 0.0364. The molecular weight excluding hydrogens is 458 g/mol. The highest BCUT2D eigenvalue weighted by Gasteiger charge is 2.32. The largest absolute Gasteiger partial charge is 0.346 e. The summed E-state index contributed by atoms with van der Waals surface area (Å²) in [6.07, 6.45) is 6.10. The van der Waals surface area contributed by atoms with Crippen molar-refractivity contribution in [1.82, 2.24) is 24.6 Å². The summed E-state index contributed by atoms with van der Waals surface area (Å²) >= 11 is 0. The lowest BCUT2D eigenvalue weighted by atomic mass is 10.1. The number of hydrogen-bond donors (Lipinski definition) is 2. The van der Waals surface area contributed by atoms with Crippen LogP contribution in [0.4, 0.5) is 16.4 Å². The van der Waals surface area contributed by atoms with E-state index in [4.69, 9.17) is 4.84 Å². The zero-order chi connectivity index (χ0) is 24.6. The molecule has 2 fully saturated rings. The normalized spacial score (nSPS) is 17.4. The van der Waals surface area contributed by atoms with E-state index in [2.05, 4.69) is 25.7 Å². The third kappa shape index (κ3) is 4.38. The van der Waals surface area contributed by atoms with E-state index in [1.165, 1.54) is 5.06 Å². The van der Waals surface area contributed by atoms with Crippen LogP contribution in [-0.2, 0) is 9.63 Å². The fourth-order valence-electron chi connectivity index (χ4n) is 4.31. The quantitative estimate of drug-likeness (QED) is 0.436. The topological polar surface area (TPSA) is 114 Å². The van der Waals surface area contributed by atoms with Crippen LogP contribution in [0, 0.1) is 12.8 Å². The molecule has 6 rings (SSSR count). The average molecular weight is 484 g/mol. The number of amides is 3. The summed E-state index contributed by atoms with van der Waals surface area (Å²) in [7, 11) is 0. The van der Waals surface area contributed by atoms with Gasteiger partial charge in [-0.1, -0.05) is 30.3 Å². The molecule has 0 radical (unpaired) electrons. The van der Waals surface area contributed by atoms with Crippen molar-refractivity contribution in [3.05, 3.63) is 72.2 Å². The molecule has 0 bridgehead atoms. The number of hydrogen-bond acceptors (Lipinski definition) is 6. The minimum atomic E-state index is -0.340. The highest BCUT2D eigenvalue weighted by atomic mass is 16.7. The summed E-state index contributed by atoms with van der Waals surface area (Å²) in [6, 6.07) is 15.0.